The Hall–Kier alpha value is -3.92. The van der Waals surface area contributed by atoms with E-state index in [0.29, 0.717) is 23.1 Å². The number of anilines is 1. The molecule has 0 spiro atoms. The molecule has 0 fully saturated rings. The van der Waals surface area contributed by atoms with E-state index >= 15 is 0 Å². The summed E-state index contributed by atoms with van der Waals surface area (Å²) < 4.78 is 12.6. The molecule has 1 aromatic carbocycles. The molecule has 2 N–H and O–H groups in total. The maximum atomic E-state index is 11.4. The van der Waals surface area contributed by atoms with Crippen molar-refractivity contribution >= 4 is 28.1 Å². The molecule has 0 aliphatic carbocycles. The lowest BCUT2D eigenvalue weighted by Gasteiger charge is -2.08. The van der Waals surface area contributed by atoms with Crippen LogP contribution in [0.3, 0.4) is 0 Å². The van der Waals surface area contributed by atoms with Gasteiger partial charge in [-0.25, -0.2) is 14.8 Å². The molecular weight excluding hydrogens is 428 g/mol. The van der Waals surface area contributed by atoms with Crippen LogP contribution in [-0.2, 0) is 6.54 Å². The number of rotatable bonds is 8. The first kappa shape index (κ1) is 20.0. The Balaban J connectivity index is 1.34. The minimum atomic E-state index is -0.610. The number of aromatic nitrogens is 5. The van der Waals surface area contributed by atoms with Gasteiger partial charge in [0.25, 0.3) is 0 Å². The molecule has 4 aromatic heterocycles. The Bertz CT molecular complexity index is 1420. The van der Waals surface area contributed by atoms with Gasteiger partial charge in [0.2, 0.25) is 0 Å². The summed E-state index contributed by atoms with van der Waals surface area (Å²) in [6.07, 6.45) is 3.62. The van der Waals surface area contributed by atoms with Crippen LogP contribution in [0.15, 0.2) is 64.3 Å². The molecule has 0 aliphatic heterocycles. The van der Waals surface area contributed by atoms with Gasteiger partial charge in [0.15, 0.2) is 5.82 Å². The highest BCUT2D eigenvalue weighted by Gasteiger charge is 2.18. The standard InChI is InChI=1S/C22H20N6O3S/c1-2-30-17-12-18(32-20(17)21-26-22(29)31-27-21)15-11-19(25-13-24-15)23-8-10-28-9-7-14-5-3-4-6-16(14)28/h3-7,9,11-13H,2,8,10H2,1H3,(H,23,24,25)(H,26,27,29). The summed E-state index contributed by atoms with van der Waals surface area (Å²) in [7, 11) is 0. The third-order valence-electron chi connectivity index (χ3n) is 4.91. The van der Waals surface area contributed by atoms with E-state index in [2.05, 4.69) is 58.9 Å². The van der Waals surface area contributed by atoms with Gasteiger partial charge in [-0.2, -0.15) is 0 Å². The van der Waals surface area contributed by atoms with E-state index in [4.69, 9.17) is 4.74 Å². The Kier molecular flexibility index (Phi) is 5.42. The maximum absolute atomic E-state index is 11.4. The highest BCUT2D eigenvalue weighted by molar-refractivity contribution is 7.19. The highest BCUT2D eigenvalue weighted by Crippen LogP contribution is 2.41. The summed E-state index contributed by atoms with van der Waals surface area (Å²) in [5, 5.41) is 8.37. The minimum Gasteiger partial charge on any atom is -0.492 e. The average molecular weight is 449 g/mol. The number of aromatic amines is 1. The maximum Gasteiger partial charge on any atom is 0.439 e. The number of ether oxygens (including phenoxy) is 1. The fourth-order valence-electron chi connectivity index (χ4n) is 3.48. The van der Waals surface area contributed by atoms with Crippen LogP contribution in [0.1, 0.15) is 6.92 Å². The zero-order chi connectivity index (χ0) is 21.9. The third-order valence-corrected chi connectivity index (χ3v) is 6.06. The van der Waals surface area contributed by atoms with Crippen molar-refractivity contribution in [1.29, 1.82) is 0 Å². The highest BCUT2D eigenvalue weighted by atomic mass is 32.1. The van der Waals surface area contributed by atoms with Gasteiger partial charge in [-0.15, -0.1) is 11.3 Å². The fraction of sp³-hybridized carbons (Fsp3) is 0.182. The van der Waals surface area contributed by atoms with Gasteiger partial charge < -0.3 is 14.6 Å². The van der Waals surface area contributed by atoms with Crippen LogP contribution >= 0.6 is 11.3 Å². The second-order valence-electron chi connectivity index (χ2n) is 6.96. The van der Waals surface area contributed by atoms with Crippen molar-refractivity contribution in [3.63, 3.8) is 0 Å². The van der Waals surface area contributed by atoms with Crippen molar-refractivity contribution in [2.75, 3.05) is 18.5 Å². The molecule has 10 heteroatoms. The van der Waals surface area contributed by atoms with Gasteiger partial charge in [-0.05, 0) is 24.4 Å². The van der Waals surface area contributed by atoms with Crippen LogP contribution < -0.4 is 15.8 Å². The molecule has 0 atom stereocenters. The number of H-pyrrole nitrogens is 1. The predicted octanol–water partition coefficient (Wildman–Crippen LogP) is 4.01. The number of thiophene rings is 1. The topological polar surface area (TPSA) is 111 Å². The van der Waals surface area contributed by atoms with E-state index in [1.54, 1.807) is 0 Å². The predicted molar refractivity (Wildman–Crippen MR) is 123 cm³/mol. The summed E-state index contributed by atoms with van der Waals surface area (Å²) in [6.45, 7) is 3.91. The molecule has 0 unspecified atom stereocenters. The molecule has 5 rings (SSSR count). The van der Waals surface area contributed by atoms with E-state index < -0.39 is 5.76 Å². The van der Waals surface area contributed by atoms with E-state index in [0.717, 1.165) is 29.5 Å². The molecule has 32 heavy (non-hydrogen) atoms. The van der Waals surface area contributed by atoms with Crippen LogP contribution in [-0.4, -0.2) is 37.8 Å². The number of para-hydroxylation sites is 1. The Morgan fingerprint density at radius 1 is 1.22 bits per heavy atom. The zero-order valence-electron chi connectivity index (χ0n) is 17.2. The molecule has 4 heterocycles. The van der Waals surface area contributed by atoms with Crippen molar-refractivity contribution in [2.45, 2.75) is 13.5 Å². The van der Waals surface area contributed by atoms with Crippen molar-refractivity contribution < 1.29 is 9.26 Å². The number of nitrogens with zero attached hydrogens (tertiary/aromatic N) is 4. The molecule has 9 nitrogen and oxygen atoms in total. The van der Waals surface area contributed by atoms with Gasteiger partial charge in [0.05, 0.1) is 17.2 Å². The monoisotopic (exact) mass is 448 g/mol. The van der Waals surface area contributed by atoms with Crippen molar-refractivity contribution in [2.24, 2.45) is 0 Å². The van der Waals surface area contributed by atoms with E-state index in [1.807, 2.05) is 31.2 Å². The number of hydrogen-bond donors (Lipinski definition) is 2. The fourth-order valence-corrected chi connectivity index (χ4v) is 4.49. The Morgan fingerprint density at radius 3 is 2.97 bits per heavy atom. The molecule has 5 aromatic rings. The molecular formula is C22H20N6O3S. The van der Waals surface area contributed by atoms with Crippen LogP contribution in [0.5, 0.6) is 5.75 Å². The number of benzene rings is 1. The average Bonchev–Trinajstić information content (AvgIpc) is 3.53. The Labute approximate surface area is 186 Å². The molecule has 0 saturated carbocycles. The molecule has 0 saturated heterocycles. The van der Waals surface area contributed by atoms with E-state index in [1.165, 1.54) is 28.6 Å². The summed E-state index contributed by atoms with van der Waals surface area (Å²) >= 11 is 1.41. The normalized spacial score (nSPS) is 11.2. The summed E-state index contributed by atoms with van der Waals surface area (Å²) in [4.78, 5) is 24.2. The van der Waals surface area contributed by atoms with Gasteiger partial charge >= 0.3 is 5.76 Å². The van der Waals surface area contributed by atoms with Gasteiger partial charge in [-0.3, -0.25) is 9.51 Å². The zero-order valence-corrected chi connectivity index (χ0v) is 18.1. The van der Waals surface area contributed by atoms with Crippen molar-refractivity contribution in [1.82, 2.24) is 24.7 Å². The van der Waals surface area contributed by atoms with Gasteiger partial charge in [-0.1, -0.05) is 23.4 Å². The van der Waals surface area contributed by atoms with Crippen LogP contribution in [0.2, 0.25) is 0 Å². The Morgan fingerprint density at radius 2 is 2.12 bits per heavy atom. The van der Waals surface area contributed by atoms with Crippen molar-refractivity contribution in [3.05, 3.63) is 65.5 Å². The van der Waals surface area contributed by atoms with E-state index in [9.17, 15) is 4.79 Å². The summed E-state index contributed by atoms with van der Waals surface area (Å²) in [5.41, 5.74) is 1.95. The van der Waals surface area contributed by atoms with E-state index in [-0.39, 0.29) is 0 Å². The second-order valence-corrected chi connectivity index (χ2v) is 8.02. The first-order chi connectivity index (χ1) is 15.7. The lowest BCUT2D eigenvalue weighted by atomic mass is 10.2. The van der Waals surface area contributed by atoms with Crippen molar-refractivity contribution in [3.8, 4) is 27.0 Å². The lowest BCUT2D eigenvalue weighted by Crippen LogP contribution is -2.10. The molecule has 0 aliphatic rings. The van der Waals surface area contributed by atoms with Crippen LogP contribution in [0.25, 0.3) is 32.2 Å². The van der Waals surface area contributed by atoms with Crippen LogP contribution in [0.4, 0.5) is 5.82 Å². The quantitative estimate of drug-likeness (QED) is 0.369. The van der Waals surface area contributed by atoms with Crippen LogP contribution in [0, 0.1) is 0 Å². The molecule has 0 amide bonds. The summed E-state index contributed by atoms with van der Waals surface area (Å²) in [5.74, 6) is 1.07. The minimum absolute atomic E-state index is 0.334. The number of nitrogens with one attached hydrogen (secondary N) is 2. The summed E-state index contributed by atoms with van der Waals surface area (Å²) in [6, 6.07) is 14.2. The lowest BCUT2D eigenvalue weighted by molar-refractivity contribution is 0.342. The smallest absolute Gasteiger partial charge is 0.439 e. The third kappa shape index (κ3) is 4.00. The van der Waals surface area contributed by atoms with Gasteiger partial charge in [0.1, 0.15) is 22.8 Å². The number of fused-ring (bicyclic) bond motifs is 1. The first-order valence-electron chi connectivity index (χ1n) is 10.1. The molecule has 0 bridgehead atoms. The van der Waals surface area contributed by atoms with Gasteiger partial charge in [0, 0.05) is 36.9 Å². The SMILES string of the molecule is CCOc1cc(-c2cc(NCCn3ccc4ccccc43)ncn2)sc1-c1noc(=O)[nH]1. The molecule has 0 radical (unpaired) electrons. The first-order valence-corrected chi connectivity index (χ1v) is 11.0. The second kappa shape index (κ2) is 8.67. The number of hydrogen-bond acceptors (Lipinski definition) is 8. The molecule has 162 valence electrons. The largest absolute Gasteiger partial charge is 0.492 e.